The van der Waals surface area contributed by atoms with Crippen LogP contribution in [0.5, 0.6) is 0 Å². The molecule has 0 radical (unpaired) electrons. The van der Waals surface area contributed by atoms with Crippen LogP contribution in [-0.2, 0) is 17.5 Å². The second-order valence-corrected chi connectivity index (χ2v) is 6.03. The van der Waals surface area contributed by atoms with Crippen LogP contribution in [0.15, 0.2) is 54.6 Å². The van der Waals surface area contributed by atoms with Gasteiger partial charge in [0, 0.05) is 18.3 Å². The van der Waals surface area contributed by atoms with Gasteiger partial charge in [0.25, 0.3) is 0 Å². The molecule has 0 heterocycles. The van der Waals surface area contributed by atoms with E-state index < -0.39 is 11.7 Å². The maximum atomic E-state index is 12.7. The van der Waals surface area contributed by atoms with E-state index in [1.807, 2.05) is 44.2 Å². The van der Waals surface area contributed by atoms with Crippen molar-refractivity contribution < 1.29 is 18.0 Å². The Labute approximate surface area is 145 Å². The molecule has 3 nitrogen and oxygen atoms in total. The molecule has 0 aliphatic carbocycles. The molecule has 0 bridgehead atoms. The summed E-state index contributed by atoms with van der Waals surface area (Å²) in [5.41, 5.74) is 0.533. The fourth-order valence-electron chi connectivity index (χ4n) is 2.42. The van der Waals surface area contributed by atoms with Crippen LogP contribution >= 0.6 is 0 Å². The lowest BCUT2D eigenvalue weighted by molar-refractivity contribution is -0.137. The van der Waals surface area contributed by atoms with Crippen LogP contribution in [-0.4, -0.2) is 23.4 Å². The normalized spacial score (nSPS) is 11.4. The van der Waals surface area contributed by atoms with Gasteiger partial charge in [0.1, 0.15) is 0 Å². The zero-order chi connectivity index (χ0) is 18.4. The summed E-state index contributed by atoms with van der Waals surface area (Å²) in [5.74, 6) is -0.170. The zero-order valence-corrected chi connectivity index (χ0v) is 14.2. The number of nitrogens with one attached hydrogen (secondary N) is 1. The largest absolute Gasteiger partial charge is 0.416 e. The van der Waals surface area contributed by atoms with Gasteiger partial charge in [0.15, 0.2) is 0 Å². The van der Waals surface area contributed by atoms with Crippen LogP contribution in [0.2, 0.25) is 0 Å². The lowest BCUT2D eigenvalue weighted by atomic mass is 10.2. The van der Waals surface area contributed by atoms with Crippen LogP contribution < -0.4 is 5.32 Å². The first-order valence-electron chi connectivity index (χ1n) is 8.02. The van der Waals surface area contributed by atoms with E-state index >= 15 is 0 Å². The van der Waals surface area contributed by atoms with Crippen LogP contribution in [0.4, 0.5) is 18.9 Å². The van der Waals surface area contributed by atoms with E-state index in [1.54, 1.807) is 4.90 Å². The van der Waals surface area contributed by atoms with Gasteiger partial charge in [-0.1, -0.05) is 36.4 Å². The fourth-order valence-corrected chi connectivity index (χ4v) is 2.42. The molecule has 0 aliphatic heterocycles. The summed E-state index contributed by atoms with van der Waals surface area (Å²) in [7, 11) is 0. The van der Waals surface area contributed by atoms with Crippen LogP contribution in [0.3, 0.4) is 0 Å². The molecule has 0 spiro atoms. The number of carbonyl (C=O) groups is 1. The number of amides is 1. The van der Waals surface area contributed by atoms with Crippen LogP contribution in [0.25, 0.3) is 0 Å². The van der Waals surface area contributed by atoms with E-state index in [0.29, 0.717) is 6.54 Å². The van der Waals surface area contributed by atoms with Gasteiger partial charge >= 0.3 is 6.18 Å². The van der Waals surface area contributed by atoms with Gasteiger partial charge in [-0.3, -0.25) is 4.79 Å². The third-order valence-electron chi connectivity index (χ3n) is 3.77. The first-order chi connectivity index (χ1) is 11.8. The molecule has 2 aromatic carbocycles. The Balaban J connectivity index is 2.02. The molecule has 1 N–H and O–H groups in total. The summed E-state index contributed by atoms with van der Waals surface area (Å²) in [6, 6.07) is 14.4. The van der Waals surface area contributed by atoms with Crippen molar-refractivity contribution in [2.45, 2.75) is 32.6 Å². The van der Waals surface area contributed by atoms with E-state index in [9.17, 15) is 18.0 Å². The highest BCUT2D eigenvalue weighted by atomic mass is 19.4. The molecule has 1 amide bonds. The molecule has 0 atom stereocenters. The number of anilines is 1. The van der Waals surface area contributed by atoms with E-state index in [2.05, 4.69) is 5.32 Å². The average molecular weight is 350 g/mol. The molecule has 0 saturated heterocycles. The molecular weight excluding hydrogens is 329 g/mol. The molecule has 25 heavy (non-hydrogen) atoms. The first-order valence-corrected chi connectivity index (χ1v) is 8.02. The summed E-state index contributed by atoms with van der Waals surface area (Å²) in [6.07, 6.45) is -4.40. The molecule has 2 aromatic rings. The van der Waals surface area contributed by atoms with Crippen molar-refractivity contribution in [2.24, 2.45) is 0 Å². The number of hydrogen-bond acceptors (Lipinski definition) is 2. The standard InChI is InChI=1S/C19H21F3N2O/c1-14(2)24(13-15-7-4-3-5-8-15)18(25)12-23-17-10-6-9-16(11-17)19(20,21)22/h3-11,14,23H,12-13H2,1-2H3. The molecule has 0 fully saturated rings. The Morgan fingerprint density at radius 2 is 1.76 bits per heavy atom. The van der Waals surface area contributed by atoms with E-state index in [1.165, 1.54) is 12.1 Å². The van der Waals surface area contributed by atoms with Crippen LogP contribution in [0.1, 0.15) is 25.0 Å². The van der Waals surface area contributed by atoms with Crippen molar-refractivity contribution in [3.05, 3.63) is 65.7 Å². The Morgan fingerprint density at radius 1 is 1.08 bits per heavy atom. The summed E-state index contributed by atoms with van der Waals surface area (Å²) in [5, 5.41) is 2.79. The fraction of sp³-hybridized carbons (Fsp3) is 0.316. The molecular formula is C19H21F3N2O. The number of carbonyl (C=O) groups excluding carboxylic acids is 1. The van der Waals surface area contributed by atoms with Gasteiger partial charge in [0.2, 0.25) is 5.91 Å². The summed E-state index contributed by atoms with van der Waals surface area (Å²) < 4.78 is 38.2. The average Bonchev–Trinajstić information content (AvgIpc) is 2.58. The minimum Gasteiger partial charge on any atom is -0.376 e. The second kappa shape index (κ2) is 8.05. The van der Waals surface area contributed by atoms with Gasteiger partial charge in [-0.05, 0) is 37.6 Å². The quantitative estimate of drug-likeness (QED) is 0.829. The Morgan fingerprint density at radius 3 is 2.36 bits per heavy atom. The van der Waals surface area contributed by atoms with E-state index in [0.717, 1.165) is 17.7 Å². The van der Waals surface area contributed by atoms with Gasteiger partial charge in [-0.15, -0.1) is 0 Å². The van der Waals surface area contributed by atoms with Gasteiger partial charge in [0.05, 0.1) is 12.1 Å². The molecule has 0 unspecified atom stereocenters. The number of benzene rings is 2. The van der Waals surface area contributed by atoms with E-state index in [-0.39, 0.29) is 24.2 Å². The smallest absolute Gasteiger partial charge is 0.376 e. The van der Waals surface area contributed by atoms with Crippen molar-refractivity contribution in [3.8, 4) is 0 Å². The molecule has 0 aliphatic rings. The van der Waals surface area contributed by atoms with Crippen molar-refractivity contribution >= 4 is 11.6 Å². The van der Waals surface area contributed by atoms with Crippen molar-refractivity contribution in [1.29, 1.82) is 0 Å². The number of halogens is 3. The zero-order valence-electron chi connectivity index (χ0n) is 14.2. The third kappa shape index (κ3) is 5.52. The maximum Gasteiger partial charge on any atom is 0.416 e. The lowest BCUT2D eigenvalue weighted by Crippen LogP contribution is -2.39. The summed E-state index contributed by atoms with van der Waals surface area (Å²) in [4.78, 5) is 14.2. The SMILES string of the molecule is CC(C)N(Cc1ccccc1)C(=O)CNc1cccc(C(F)(F)F)c1. The third-order valence-corrected chi connectivity index (χ3v) is 3.77. The highest BCUT2D eigenvalue weighted by Gasteiger charge is 2.30. The minimum absolute atomic E-state index is 0.0176. The Hall–Kier alpha value is -2.50. The molecule has 2 rings (SSSR count). The van der Waals surface area contributed by atoms with Gasteiger partial charge in [-0.2, -0.15) is 13.2 Å². The Bertz CT molecular complexity index is 699. The number of nitrogens with zero attached hydrogens (tertiary/aromatic N) is 1. The highest BCUT2D eigenvalue weighted by Crippen LogP contribution is 2.30. The number of rotatable bonds is 6. The van der Waals surface area contributed by atoms with Crippen LogP contribution in [0, 0.1) is 0 Å². The topological polar surface area (TPSA) is 32.3 Å². The van der Waals surface area contributed by atoms with Crippen molar-refractivity contribution in [3.63, 3.8) is 0 Å². The van der Waals surface area contributed by atoms with Gasteiger partial charge < -0.3 is 10.2 Å². The Kier molecular flexibility index (Phi) is 6.07. The first kappa shape index (κ1) is 18.8. The van der Waals surface area contributed by atoms with Gasteiger partial charge in [-0.25, -0.2) is 0 Å². The van der Waals surface area contributed by atoms with Crippen molar-refractivity contribution in [2.75, 3.05) is 11.9 Å². The monoisotopic (exact) mass is 350 g/mol. The predicted octanol–water partition coefficient (Wildman–Crippen LogP) is 4.55. The minimum atomic E-state index is -4.40. The lowest BCUT2D eigenvalue weighted by Gasteiger charge is -2.27. The molecule has 134 valence electrons. The summed E-state index contributed by atoms with van der Waals surface area (Å²) >= 11 is 0. The second-order valence-electron chi connectivity index (χ2n) is 6.03. The number of alkyl halides is 3. The maximum absolute atomic E-state index is 12.7. The molecule has 0 saturated carbocycles. The molecule has 6 heteroatoms. The van der Waals surface area contributed by atoms with Crippen molar-refractivity contribution in [1.82, 2.24) is 4.90 Å². The van der Waals surface area contributed by atoms with E-state index in [4.69, 9.17) is 0 Å². The molecule has 0 aromatic heterocycles. The predicted molar refractivity (Wildman–Crippen MR) is 92.1 cm³/mol. The highest BCUT2D eigenvalue weighted by molar-refractivity contribution is 5.81. The summed E-state index contributed by atoms with van der Waals surface area (Å²) in [6.45, 7) is 4.21. The number of hydrogen-bond donors (Lipinski definition) is 1.